The van der Waals surface area contributed by atoms with E-state index >= 15 is 0 Å². The van der Waals surface area contributed by atoms with Crippen LogP contribution in [0.1, 0.15) is 26.7 Å². The van der Waals surface area contributed by atoms with Gasteiger partial charge >= 0.3 is 0 Å². The van der Waals surface area contributed by atoms with Crippen molar-refractivity contribution in [3.05, 3.63) is 0 Å². The van der Waals surface area contributed by atoms with Gasteiger partial charge in [-0.2, -0.15) is 0 Å². The van der Waals surface area contributed by atoms with Crippen molar-refractivity contribution in [1.82, 2.24) is 4.90 Å². The summed E-state index contributed by atoms with van der Waals surface area (Å²) in [5.41, 5.74) is 5.45. The third-order valence-corrected chi connectivity index (χ3v) is 2.53. The van der Waals surface area contributed by atoms with Gasteiger partial charge in [-0.25, -0.2) is 0 Å². The molecule has 4 nitrogen and oxygen atoms in total. The lowest BCUT2D eigenvalue weighted by Crippen LogP contribution is -2.48. The molecule has 1 atom stereocenters. The van der Waals surface area contributed by atoms with E-state index in [-0.39, 0.29) is 18.6 Å². The Morgan fingerprint density at radius 1 is 1.60 bits per heavy atom. The largest absolute Gasteiger partial charge is 0.367 e. The van der Waals surface area contributed by atoms with Crippen LogP contribution in [0, 0.1) is 5.92 Å². The zero-order valence-corrected chi connectivity index (χ0v) is 9.74. The Bertz CT molecular complexity index is 207. The Kier molecular flexibility index (Phi) is 5.05. The van der Waals surface area contributed by atoms with E-state index in [9.17, 15) is 4.79 Å². The van der Waals surface area contributed by atoms with E-state index < -0.39 is 0 Å². The van der Waals surface area contributed by atoms with E-state index in [0.29, 0.717) is 12.5 Å². The Hall–Kier alpha value is -0.610. The number of amides is 1. The molecule has 0 aromatic rings. The van der Waals surface area contributed by atoms with Crippen molar-refractivity contribution in [3.63, 3.8) is 0 Å². The summed E-state index contributed by atoms with van der Waals surface area (Å²) >= 11 is 0. The highest BCUT2D eigenvalue weighted by atomic mass is 16.5. The quantitative estimate of drug-likeness (QED) is 0.729. The number of morpholine rings is 1. The van der Waals surface area contributed by atoms with Crippen molar-refractivity contribution in [2.75, 3.05) is 26.2 Å². The van der Waals surface area contributed by atoms with Gasteiger partial charge in [0.1, 0.15) is 6.61 Å². The van der Waals surface area contributed by atoms with Gasteiger partial charge in [-0.1, -0.05) is 13.8 Å². The van der Waals surface area contributed by atoms with Crippen molar-refractivity contribution < 1.29 is 9.53 Å². The number of carbonyl (C=O) groups is 1. The predicted molar refractivity (Wildman–Crippen MR) is 59.4 cm³/mol. The molecule has 0 saturated carbocycles. The fourth-order valence-corrected chi connectivity index (χ4v) is 1.82. The van der Waals surface area contributed by atoms with E-state index in [1.54, 1.807) is 0 Å². The second-order valence-corrected chi connectivity index (χ2v) is 4.56. The molecule has 0 aliphatic carbocycles. The first-order valence-electron chi connectivity index (χ1n) is 5.73. The smallest absolute Gasteiger partial charge is 0.248 e. The Morgan fingerprint density at radius 2 is 2.33 bits per heavy atom. The average molecular weight is 214 g/mol. The molecule has 1 aliphatic heterocycles. The minimum absolute atomic E-state index is 0.118. The predicted octanol–water partition coefficient (Wildman–Crippen LogP) is 0.609. The van der Waals surface area contributed by atoms with Gasteiger partial charge in [0.25, 0.3) is 0 Å². The fourth-order valence-electron chi connectivity index (χ4n) is 1.82. The summed E-state index contributed by atoms with van der Waals surface area (Å²) in [4.78, 5) is 13.4. The van der Waals surface area contributed by atoms with Crippen LogP contribution < -0.4 is 5.73 Å². The highest BCUT2D eigenvalue weighted by Crippen LogP contribution is 2.12. The van der Waals surface area contributed by atoms with Crippen LogP contribution in [-0.4, -0.2) is 43.2 Å². The van der Waals surface area contributed by atoms with E-state index in [1.807, 2.05) is 4.90 Å². The molecule has 1 unspecified atom stereocenters. The molecule has 1 fully saturated rings. The minimum atomic E-state index is 0.118. The summed E-state index contributed by atoms with van der Waals surface area (Å²) in [6.07, 6.45) is 2.11. The van der Waals surface area contributed by atoms with E-state index in [4.69, 9.17) is 10.5 Å². The first-order valence-corrected chi connectivity index (χ1v) is 5.73. The van der Waals surface area contributed by atoms with Crippen LogP contribution in [0.5, 0.6) is 0 Å². The highest BCUT2D eigenvalue weighted by molar-refractivity contribution is 5.78. The molecule has 1 aliphatic rings. The number of rotatable bonds is 5. The lowest BCUT2D eigenvalue weighted by Gasteiger charge is -2.33. The Labute approximate surface area is 91.8 Å². The van der Waals surface area contributed by atoms with Crippen molar-refractivity contribution in [3.8, 4) is 0 Å². The molecular formula is C11H22N2O2. The van der Waals surface area contributed by atoms with Gasteiger partial charge in [0.15, 0.2) is 0 Å². The first kappa shape index (κ1) is 12.5. The van der Waals surface area contributed by atoms with E-state index in [2.05, 4.69) is 13.8 Å². The fraction of sp³-hybridized carbons (Fsp3) is 0.909. The number of hydrogen-bond acceptors (Lipinski definition) is 3. The standard InChI is InChI=1S/C11H22N2O2/c1-9(2)6-13-7-10(4-3-5-12)15-8-11(13)14/h9-10H,3-8,12H2,1-2H3. The lowest BCUT2D eigenvalue weighted by molar-refractivity contribution is -0.149. The summed E-state index contributed by atoms with van der Waals surface area (Å²) in [7, 11) is 0. The number of hydrogen-bond donors (Lipinski definition) is 1. The minimum Gasteiger partial charge on any atom is -0.367 e. The van der Waals surface area contributed by atoms with Gasteiger partial charge in [-0.15, -0.1) is 0 Å². The summed E-state index contributed by atoms with van der Waals surface area (Å²) in [6, 6.07) is 0. The van der Waals surface area contributed by atoms with Crippen LogP contribution in [0.25, 0.3) is 0 Å². The molecule has 0 radical (unpaired) electrons. The molecule has 0 spiro atoms. The second kappa shape index (κ2) is 6.08. The van der Waals surface area contributed by atoms with Gasteiger partial charge in [0.05, 0.1) is 6.10 Å². The third-order valence-electron chi connectivity index (χ3n) is 2.53. The maximum atomic E-state index is 11.5. The summed E-state index contributed by atoms with van der Waals surface area (Å²) in [5, 5.41) is 0. The van der Waals surface area contributed by atoms with Gasteiger partial charge in [-0.05, 0) is 25.3 Å². The first-order chi connectivity index (χ1) is 7.13. The van der Waals surface area contributed by atoms with E-state index in [1.165, 1.54) is 0 Å². The number of nitrogens with zero attached hydrogens (tertiary/aromatic N) is 1. The highest BCUT2D eigenvalue weighted by Gasteiger charge is 2.25. The summed E-state index contributed by atoms with van der Waals surface area (Å²) in [5.74, 6) is 0.634. The van der Waals surface area contributed by atoms with Gasteiger partial charge in [-0.3, -0.25) is 4.79 Å². The summed E-state index contributed by atoms with van der Waals surface area (Å²) < 4.78 is 5.46. The van der Waals surface area contributed by atoms with Gasteiger partial charge < -0.3 is 15.4 Å². The monoisotopic (exact) mass is 214 g/mol. The molecule has 0 bridgehead atoms. The number of carbonyl (C=O) groups excluding carboxylic acids is 1. The molecule has 1 rings (SSSR count). The van der Waals surface area contributed by atoms with Crippen molar-refractivity contribution in [2.45, 2.75) is 32.8 Å². The van der Waals surface area contributed by atoms with Crippen molar-refractivity contribution >= 4 is 5.91 Å². The normalized spacial score (nSPS) is 22.5. The summed E-state index contributed by atoms with van der Waals surface area (Å²) in [6.45, 7) is 6.74. The SMILES string of the molecule is CC(C)CN1CC(CCCN)OCC1=O. The van der Waals surface area contributed by atoms with Crippen LogP contribution in [0.15, 0.2) is 0 Å². The molecule has 0 aromatic carbocycles. The van der Waals surface area contributed by atoms with Crippen LogP contribution >= 0.6 is 0 Å². The van der Waals surface area contributed by atoms with Crippen LogP contribution in [0.3, 0.4) is 0 Å². The molecule has 88 valence electrons. The van der Waals surface area contributed by atoms with Gasteiger partial charge in [0, 0.05) is 13.1 Å². The van der Waals surface area contributed by atoms with Crippen LogP contribution in [0.2, 0.25) is 0 Å². The molecule has 1 amide bonds. The second-order valence-electron chi connectivity index (χ2n) is 4.56. The number of nitrogens with two attached hydrogens (primary N) is 1. The maximum absolute atomic E-state index is 11.5. The van der Waals surface area contributed by atoms with Gasteiger partial charge in [0.2, 0.25) is 5.91 Å². The van der Waals surface area contributed by atoms with Crippen LogP contribution in [-0.2, 0) is 9.53 Å². The number of ether oxygens (including phenoxy) is 1. The molecular weight excluding hydrogens is 192 g/mol. The molecule has 0 aromatic heterocycles. The molecule has 2 N–H and O–H groups in total. The molecule has 1 saturated heterocycles. The van der Waals surface area contributed by atoms with E-state index in [0.717, 1.165) is 25.9 Å². The zero-order valence-electron chi connectivity index (χ0n) is 9.74. The van der Waals surface area contributed by atoms with Crippen molar-refractivity contribution in [2.24, 2.45) is 11.7 Å². The van der Waals surface area contributed by atoms with Crippen LogP contribution in [0.4, 0.5) is 0 Å². The molecule has 15 heavy (non-hydrogen) atoms. The topological polar surface area (TPSA) is 55.6 Å². The zero-order chi connectivity index (χ0) is 11.3. The maximum Gasteiger partial charge on any atom is 0.248 e. The van der Waals surface area contributed by atoms with Crippen molar-refractivity contribution in [1.29, 1.82) is 0 Å². The lowest BCUT2D eigenvalue weighted by atomic mass is 10.1. The molecule has 1 heterocycles. The Balaban J connectivity index is 2.37. The molecule has 4 heteroatoms. The third kappa shape index (κ3) is 4.18. The Morgan fingerprint density at radius 3 is 2.93 bits per heavy atom. The average Bonchev–Trinajstić information content (AvgIpc) is 2.18.